The fraction of sp³-hybridized carbons (Fsp3) is 0.419. The van der Waals surface area contributed by atoms with E-state index in [9.17, 15) is 14.0 Å². The van der Waals surface area contributed by atoms with Gasteiger partial charge in [0.2, 0.25) is 5.91 Å². The van der Waals surface area contributed by atoms with Crippen molar-refractivity contribution >= 4 is 23.4 Å². The summed E-state index contributed by atoms with van der Waals surface area (Å²) in [4.78, 5) is 31.0. The highest BCUT2D eigenvalue weighted by atomic mass is 35.5. The van der Waals surface area contributed by atoms with Crippen molar-refractivity contribution in [1.29, 1.82) is 0 Å². The van der Waals surface area contributed by atoms with Gasteiger partial charge in [-0.15, -0.1) is 0 Å². The zero-order chi connectivity index (χ0) is 27.1. The zero-order valence-corrected chi connectivity index (χ0v) is 23.0. The Bertz CT molecular complexity index is 1220. The molecule has 0 saturated heterocycles. The topological polar surface area (TPSA) is 45.6 Å². The van der Waals surface area contributed by atoms with Gasteiger partial charge in [-0.05, 0) is 74.2 Å². The first-order valence-corrected chi connectivity index (χ1v) is 14.0. The van der Waals surface area contributed by atoms with Gasteiger partial charge in [0.1, 0.15) is 12.4 Å². The van der Waals surface area contributed by atoms with Crippen LogP contribution in [0.1, 0.15) is 74.0 Å². The van der Waals surface area contributed by atoms with Crippen molar-refractivity contribution in [3.8, 4) is 0 Å². The van der Waals surface area contributed by atoms with Crippen LogP contribution in [0, 0.1) is 5.82 Å². The van der Waals surface area contributed by atoms with Crippen molar-refractivity contribution in [2.75, 3.05) is 6.54 Å². The molecular formula is C31H37ClFN3O2. The van der Waals surface area contributed by atoms with Crippen LogP contribution in [0.5, 0.6) is 0 Å². The molecule has 4 rings (SSSR count). The summed E-state index contributed by atoms with van der Waals surface area (Å²) in [6.45, 7) is 5.04. The van der Waals surface area contributed by atoms with Gasteiger partial charge in [0.05, 0.1) is 6.54 Å². The number of carbonyl (C=O) groups excluding carboxylic acids is 2. The number of amides is 2. The third-order valence-corrected chi connectivity index (χ3v) is 8.04. The Labute approximate surface area is 230 Å². The molecule has 1 atom stereocenters. The normalized spacial score (nSPS) is 14.7. The minimum absolute atomic E-state index is 0.00701. The molecule has 0 N–H and O–H groups in total. The Kier molecular flexibility index (Phi) is 9.62. The van der Waals surface area contributed by atoms with Crippen LogP contribution < -0.4 is 0 Å². The van der Waals surface area contributed by atoms with Gasteiger partial charge in [0.25, 0.3) is 5.91 Å². The maximum Gasteiger partial charge on any atom is 0.254 e. The Morgan fingerprint density at radius 3 is 2.42 bits per heavy atom. The molecule has 38 heavy (non-hydrogen) atoms. The molecule has 0 bridgehead atoms. The molecule has 0 aliphatic heterocycles. The first kappa shape index (κ1) is 27.9. The molecule has 1 aromatic heterocycles. The van der Waals surface area contributed by atoms with Gasteiger partial charge >= 0.3 is 0 Å². The maximum absolute atomic E-state index is 14.0. The second-order valence-electron chi connectivity index (χ2n) is 10.2. The van der Waals surface area contributed by atoms with Crippen molar-refractivity contribution in [2.45, 2.75) is 77.5 Å². The van der Waals surface area contributed by atoms with E-state index in [0.717, 1.165) is 42.0 Å². The van der Waals surface area contributed by atoms with E-state index in [2.05, 4.69) is 10.6 Å². The van der Waals surface area contributed by atoms with Crippen LogP contribution in [-0.2, 0) is 17.9 Å². The van der Waals surface area contributed by atoms with Gasteiger partial charge in [-0.3, -0.25) is 9.59 Å². The highest BCUT2D eigenvalue weighted by Gasteiger charge is 2.30. The molecule has 7 heteroatoms. The van der Waals surface area contributed by atoms with Gasteiger partial charge in [-0.1, -0.05) is 56.0 Å². The van der Waals surface area contributed by atoms with Crippen LogP contribution in [0.3, 0.4) is 0 Å². The van der Waals surface area contributed by atoms with Crippen molar-refractivity contribution in [3.63, 3.8) is 0 Å². The molecule has 1 aliphatic rings. The molecule has 202 valence electrons. The number of aromatic nitrogens is 1. The summed E-state index contributed by atoms with van der Waals surface area (Å²) in [6, 6.07) is 17.4. The standard InChI is InChI=1S/C31H37ClFN3O2/c1-3-23(2)35(31(38)24-15-17-26(33)18-16-24)22-30(37)36(27-11-5-4-6-12-27)21-28-13-9-19-34(28)20-25-10-7-8-14-29(25)32/h7-10,13-19,23,27H,3-6,11-12,20-22H2,1-2H3. The molecule has 0 radical (unpaired) electrons. The molecule has 5 nitrogen and oxygen atoms in total. The number of halogens is 2. The van der Waals surface area contributed by atoms with Crippen molar-refractivity contribution < 1.29 is 14.0 Å². The third kappa shape index (κ3) is 6.84. The van der Waals surface area contributed by atoms with Crippen molar-refractivity contribution in [3.05, 3.63) is 94.5 Å². The van der Waals surface area contributed by atoms with Crippen LogP contribution in [-0.4, -0.2) is 44.8 Å². The largest absolute Gasteiger partial charge is 0.345 e. The molecular weight excluding hydrogens is 501 g/mol. The molecule has 2 aromatic carbocycles. The van der Waals surface area contributed by atoms with Gasteiger partial charge in [-0.25, -0.2) is 4.39 Å². The van der Waals surface area contributed by atoms with Crippen molar-refractivity contribution in [2.24, 2.45) is 0 Å². The van der Waals surface area contributed by atoms with Gasteiger partial charge in [0, 0.05) is 41.1 Å². The van der Waals surface area contributed by atoms with Crippen molar-refractivity contribution in [1.82, 2.24) is 14.4 Å². The summed E-state index contributed by atoms with van der Waals surface area (Å²) in [7, 11) is 0. The summed E-state index contributed by atoms with van der Waals surface area (Å²) in [5.74, 6) is -0.701. The molecule has 1 saturated carbocycles. The van der Waals surface area contributed by atoms with E-state index < -0.39 is 5.82 Å². The number of hydrogen-bond acceptors (Lipinski definition) is 2. The number of carbonyl (C=O) groups is 2. The summed E-state index contributed by atoms with van der Waals surface area (Å²) < 4.78 is 15.6. The zero-order valence-electron chi connectivity index (χ0n) is 22.3. The summed E-state index contributed by atoms with van der Waals surface area (Å²) in [6.07, 6.45) is 8.04. The van der Waals surface area contributed by atoms with Gasteiger partial charge in [-0.2, -0.15) is 0 Å². The number of nitrogens with zero attached hydrogens (tertiary/aromatic N) is 3. The van der Waals surface area contributed by atoms with E-state index in [1.807, 2.05) is 55.3 Å². The molecule has 1 heterocycles. The van der Waals surface area contributed by atoms with E-state index in [1.165, 1.54) is 30.7 Å². The average molecular weight is 538 g/mol. The van der Waals surface area contributed by atoms with Crippen LogP contribution in [0.15, 0.2) is 66.9 Å². The molecule has 3 aromatic rings. The lowest BCUT2D eigenvalue weighted by Crippen LogP contribution is -2.49. The summed E-state index contributed by atoms with van der Waals surface area (Å²) in [5.41, 5.74) is 2.44. The Hall–Kier alpha value is -3.12. The summed E-state index contributed by atoms with van der Waals surface area (Å²) in [5, 5.41) is 0.718. The van der Waals surface area contributed by atoms with E-state index >= 15 is 0 Å². The lowest BCUT2D eigenvalue weighted by molar-refractivity contribution is -0.136. The predicted octanol–water partition coefficient (Wildman–Crippen LogP) is 6.93. The van der Waals surface area contributed by atoms with Gasteiger partial charge < -0.3 is 14.4 Å². The lowest BCUT2D eigenvalue weighted by atomic mass is 9.94. The van der Waals surface area contributed by atoms with E-state index in [4.69, 9.17) is 11.6 Å². The monoisotopic (exact) mass is 537 g/mol. The van der Waals surface area contributed by atoms with Crippen LogP contribution in [0.4, 0.5) is 4.39 Å². The molecule has 2 amide bonds. The van der Waals surface area contributed by atoms with Crippen LogP contribution in [0.2, 0.25) is 5.02 Å². The Balaban J connectivity index is 1.57. The van der Waals surface area contributed by atoms with E-state index in [-0.39, 0.29) is 30.4 Å². The number of rotatable bonds is 10. The highest BCUT2D eigenvalue weighted by molar-refractivity contribution is 6.31. The quantitative estimate of drug-likeness (QED) is 0.281. The average Bonchev–Trinajstić information content (AvgIpc) is 3.38. The Morgan fingerprint density at radius 2 is 1.74 bits per heavy atom. The van der Waals surface area contributed by atoms with E-state index in [0.29, 0.717) is 25.1 Å². The second kappa shape index (κ2) is 13.1. The third-order valence-electron chi connectivity index (χ3n) is 7.67. The Morgan fingerprint density at radius 1 is 1.03 bits per heavy atom. The molecule has 1 aliphatic carbocycles. The minimum Gasteiger partial charge on any atom is -0.345 e. The predicted molar refractivity (Wildman–Crippen MR) is 150 cm³/mol. The van der Waals surface area contributed by atoms with Crippen LogP contribution in [0.25, 0.3) is 0 Å². The summed E-state index contributed by atoms with van der Waals surface area (Å²) >= 11 is 6.42. The molecule has 0 spiro atoms. The fourth-order valence-electron chi connectivity index (χ4n) is 5.19. The highest BCUT2D eigenvalue weighted by Crippen LogP contribution is 2.26. The fourth-order valence-corrected chi connectivity index (χ4v) is 5.38. The number of hydrogen-bond donors (Lipinski definition) is 0. The van der Waals surface area contributed by atoms with E-state index in [1.54, 1.807) is 4.90 Å². The molecule has 1 unspecified atom stereocenters. The SMILES string of the molecule is CCC(C)N(CC(=O)N(Cc1cccn1Cc1ccccc1Cl)C1CCCCC1)C(=O)c1ccc(F)cc1. The minimum atomic E-state index is -0.393. The first-order valence-electron chi connectivity index (χ1n) is 13.6. The van der Waals surface area contributed by atoms with Gasteiger partial charge in [0.15, 0.2) is 0 Å². The lowest BCUT2D eigenvalue weighted by Gasteiger charge is -2.37. The molecule has 1 fully saturated rings. The second-order valence-corrected chi connectivity index (χ2v) is 10.6. The smallest absolute Gasteiger partial charge is 0.254 e. The number of benzene rings is 2. The first-order chi connectivity index (χ1) is 18.4. The maximum atomic E-state index is 14.0. The van der Waals surface area contributed by atoms with Crippen LogP contribution >= 0.6 is 11.6 Å².